The van der Waals surface area contributed by atoms with E-state index >= 15 is 0 Å². The van der Waals surface area contributed by atoms with Gasteiger partial charge in [0.2, 0.25) is 0 Å². The maximum atomic E-state index is 5.00. The fourth-order valence-electron chi connectivity index (χ4n) is 1.86. The number of hydrogen-bond acceptors (Lipinski definition) is 4. The molecule has 1 unspecified atom stereocenters. The maximum absolute atomic E-state index is 5.00. The van der Waals surface area contributed by atoms with Crippen LogP contribution in [0.2, 0.25) is 0 Å². The van der Waals surface area contributed by atoms with E-state index in [9.17, 15) is 0 Å². The Hall–Kier alpha value is -1.00. The zero-order valence-corrected chi connectivity index (χ0v) is 11.3. The van der Waals surface area contributed by atoms with Crippen molar-refractivity contribution in [1.82, 2.24) is 15.3 Å². The van der Waals surface area contributed by atoms with E-state index in [1.54, 1.807) is 13.4 Å². The minimum absolute atomic E-state index is 0.579. The Morgan fingerprint density at radius 3 is 2.53 bits per heavy atom. The minimum atomic E-state index is 0.579. The van der Waals surface area contributed by atoms with E-state index in [-0.39, 0.29) is 0 Å². The molecule has 1 aromatic heterocycles. The third kappa shape index (κ3) is 4.79. The second kappa shape index (κ2) is 7.35. The van der Waals surface area contributed by atoms with Gasteiger partial charge in [0.15, 0.2) is 0 Å². The molecule has 0 aliphatic heterocycles. The van der Waals surface area contributed by atoms with E-state index < -0.39 is 0 Å². The molecule has 0 amide bonds. The lowest BCUT2D eigenvalue weighted by atomic mass is 9.99. The number of aromatic nitrogens is 2. The van der Waals surface area contributed by atoms with Crippen LogP contribution in [-0.2, 0) is 11.2 Å². The van der Waals surface area contributed by atoms with Gasteiger partial charge in [0, 0.05) is 25.0 Å². The van der Waals surface area contributed by atoms with Crippen LogP contribution in [0.3, 0.4) is 0 Å². The monoisotopic (exact) mass is 237 g/mol. The predicted molar refractivity (Wildman–Crippen MR) is 69.1 cm³/mol. The minimum Gasteiger partial charge on any atom is -0.383 e. The summed E-state index contributed by atoms with van der Waals surface area (Å²) in [5, 5.41) is 3.38. The summed E-state index contributed by atoms with van der Waals surface area (Å²) >= 11 is 0. The summed E-state index contributed by atoms with van der Waals surface area (Å²) in [5.74, 6) is 0.579. The lowest BCUT2D eigenvalue weighted by Gasteiger charge is -2.15. The first-order chi connectivity index (χ1) is 8.15. The van der Waals surface area contributed by atoms with Gasteiger partial charge in [-0.3, -0.25) is 0 Å². The van der Waals surface area contributed by atoms with Crippen LogP contribution in [-0.4, -0.2) is 36.8 Å². The van der Waals surface area contributed by atoms with Crippen molar-refractivity contribution >= 4 is 0 Å². The van der Waals surface area contributed by atoms with E-state index in [1.165, 1.54) is 5.56 Å². The van der Waals surface area contributed by atoms with Crippen molar-refractivity contribution in [3.05, 3.63) is 23.3 Å². The molecule has 1 rings (SSSR count). The average Bonchev–Trinajstić information content (AvgIpc) is 2.30. The Bertz CT molecular complexity index is 321. The first-order valence-corrected chi connectivity index (χ1v) is 6.12. The third-order valence-electron chi connectivity index (χ3n) is 2.90. The van der Waals surface area contributed by atoms with Crippen molar-refractivity contribution < 1.29 is 4.74 Å². The van der Waals surface area contributed by atoms with Crippen LogP contribution in [0.5, 0.6) is 0 Å². The highest BCUT2D eigenvalue weighted by Crippen LogP contribution is 2.13. The number of aryl methyl sites for hydroxylation is 2. The maximum Gasteiger partial charge on any atom is 0.115 e. The van der Waals surface area contributed by atoms with E-state index in [0.717, 1.165) is 37.5 Å². The largest absolute Gasteiger partial charge is 0.383 e. The molecule has 0 aliphatic carbocycles. The van der Waals surface area contributed by atoms with Crippen LogP contribution in [0.1, 0.15) is 23.9 Å². The number of hydrogen-bond donors (Lipinski definition) is 1. The quantitative estimate of drug-likeness (QED) is 0.730. The normalized spacial score (nSPS) is 12.7. The van der Waals surface area contributed by atoms with Crippen LogP contribution in [0.4, 0.5) is 0 Å². The Kier molecular flexibility index (Phi) is 6.08. The van der Waals surface area contributed by atoms with E-state index in [0.29, 0.717) is 5.92 Å². The summed E-state index contributed by atoms with van der Waals surface area (Å²) in [6.07, 6.45) is 2.66. The highest BCUT2D eigenvalue weighted by molar-refractivity contribution is 5.22. The standard InChI is InChI=1S/C13H23N3O/c1-10(8-14-5-6-17-4)7-13-11(2)15-9-16-12(13)3/h9-10,14H,5-8H2,1-4H3. The molecule has 1 heterocycles. The van der Waals surface area contributed by atoms with Crippen LogP contribution in [0.25, 0.3) is 0 Å². The number of nitrogens with zero attached hydrogens (tertiary/aromatic N) is 2. The van der Waals surface area contributed by atoms with Crippen LogP contribution >= 0.6 is 0 Å². The van der Waals surface area contributed by atoms with Gasteiger partial charge in [-0.05, 0) is 38.3 Å². The Labute approximate surface area is 104 Å². The van der Waals surface area contributed by atoms with Gasteiger partial charge in [-0.15, -0.1) is 0 Å². The van der Waals surface area contributed by atoms with Crippen LogP contribution in [0, 0.1) is 19.8 Å². The molecule has 1 atom stereocenters. The second-order valence-electron chi connectivity index (χ2n) is 4.53. The number of nitrogens with one attached hydrogen (secondary N) is 1. The second-order valence-corrected chi connectivity index (χ2v) is 4.53. The molecule has 0 aromatic carbocycles. The summed E-state index contributed by atoms with van der Waals surface area (Å²) in [6, 6.07) is 0. The predicted octanol–water partition coefficient (Wildman–Crippen LogP) is 1.51. The van der Waals surface area contributed by atoms with Crippen molar-refractivity contribution in [2.45, 2.75) is 27.2 Å². The number of ether oxygens (including phenoxy) is 1. The van der Waals surface area contributed by atoms with Gasteiger partial charge in [0.05, 0.1) is 6.61 Å². The Morgan fingerprint density at radius 1 is 1.29 bits per heavy atom. The van der Waals surface area contributed by atoms with Gasteiger partial charge in [-0.2, -0.15) is 0 Å². The van der Waals surface area contributed by atoms with Gasteiger partial charge in [-0.25, -0.2) is 9.97 Å². The van der Waals surface area contributed by atoms with Crippen molar-refractivity contribution in [1.29, 1.82) is 0 Å². The zero-order chi connectivity index (χ0) is 12.7. The lowest BCUT2D eigenvalue weighted by Crippen LogP contribution is -2.26. The van der Waals surface area contributed by atoms with E-state index in [4.69, 9.17) is 4.74 Å². The molecule has 17 heavy (non-hydrogen) atoms. The van der Waals surface area contributed by atoms with Gasteiger partial charge >= 0.3 is 0 Å². The average molecular weight is 237 g/mol. The molecule has 4 nitrogen and oxygen atoms in total. The van der Waals surface area contributed by atoms with Gasteiger partial charge < -0.3 is 10.1 Å². The molecular weight excluding hydrogens is 214 g/mol. The van der Waals surface area contributed by atoms with Gasteiger partial charge in [0.1, 0.15) is 6.33 Å². The van der Waals surface area contributed by atoms with Crippen LogP contribution < -0.4 is 5.32 Å². The van der Waals surface area contributed by atoms with Gasteiger partial charge in [-0.1, -0.05) is 6.92 Å². The van der Waals surface area contributed by atoms with Crippen molar-refractivity contribution in [2.24, 2.45) is 5.92 Å². The SMILES string of the molecule is COCCNCC(C)Cc1c(C)ncnc1C. The summed E-state index contributed by atoms with van der Waals surface area (Å²) in [6.45, 7) is 9.01. The molecule has 0 saturated heterocycles. The van der Waals surface area contributed by atoms with Crippen molar-refractivity contribution in [2.75, 3.05) is 26.8 Å². The molecule has 4 heteroatoms. The van der Waals surface area contributed by atoms with Gasteiger partial charge in [0.25, 0.3) is 0 Å². The smallest absolute Gasteiger partial charge is 0.115 e. The summed E-state index contributed by atoms with van der Waals surface area (Å²) in [7, 11) is 1.72. The molecule has 0 aliphatic rings. The highest BCUT2D eigenvalue weighted by Gasteiger charge is 2.09. The molecule has 0 saturated carbocycles. The first-order valence-electron chi connectivity index (χ1n) is 6.12. The summed E-state index contributed by atoms with van der Waals surface area (Å²) in [5.41, 5.74) is 3.48. The summed E-state index contributed by atoms with van der Waals surface area (Å²) in [4.78, 5) is 8.50. The van der Waals surface area contributed by atoms with Crippen LogP contribution in [0.15, 0.2) is 6.33 Å². The fourth-order valence-corrected chi connectivity index (χ4v) is 1.86. The summed E-state index contributed by atoms with van der Waals surface area (Å²) < 4.78 is 5.00. The topological polar surface area (TPSA) is 47.0 Å². The number of methoxy groups -OCH3 is 1. The Morgan fingerprint density at radius 2 is 1.94 bits per heavy atom. The first kappa shape index (κ1) is 14.1. The number of rotatable bonds is 7. The molecule has 0 bridgehead atoms. The molecule has 1 aromatic rings. The van der Waals surface area contributed by atoms with Crippen molar-refractivity contribution in [3.8, 4) is 0 Å². The molecule has 96 valence electrons. The molecule has 1 N–H and O–H groups in total. The molecule has 0 fully saturated rings. The lowest BCUT2D eigenvalue weighted by molar-refractivity contribution is 0.198. The third-order valence-corrected chi connectivity index (χ3v) is 2.90. The molecular formula is C13H23N3O. The fraction of sp³-hybridized carbons (Fsp3) is 0.692. The van der Waals surface area contributed by atoms with E-state index in [2.05, 4.69) is 36.1 Å². The zero-order valence-electron chi connectivity index (χ0n) is 11.3. The highest BCUT2D eigenvalue weighted by atomic mass is 16.5. The van der Waals surface area contributed by atoms with E-state index in [1.807, 2.05) is 0 Å². The molecule has 0 spiro atoms. The van der Waals surface area contributed by atoms with Crippen molar-refractivity contribution in [3.63, 3.8) is 0 Å². The Balaban J connectivity index is 2.42. The molecule has 0 radical (unpaired) electrons.